The Kier molecular flexibility index (Phi) is 7.64. The van der Waals surface area contributed by atoms with Gasteiger partial charge in [-0.15, -0.1) is 0 Å². The van der Waals surface area contributed by atoms with E-state index in [4.69, 9.17) is 23.2 Å². The second-order valence-corrected chi connectivity index (χ2v) is 4.87. The molecule has 0 spiro atoms. The van der Waals surface area contributed by atoms with Crippen LogP contribution in [-0.2, 0) is 4.57 Å². The summed E-state index contributed by atoms with van der Waals surface area (Å²) in [6.45, 7) is 0.652. The van der Waals surface area contributed by atoms with Crippen molar-refractivity contribution in [3.05, 3.63) is 0 Å². The topological polar surface area (TPSA) is 64.2 Å². The van der Waals surface area contributed by atoms with Gasteiger partial charge in [0.25, 0.3) is 0 Å². The van der Waals surface area contributed by atoms with Gasteiger partial charge in [-0.3, -0.25) is 0 Å². The zero-order valence-corrected chi connectivity index (χ0v) is 8.83. The molecule has 0 radical (unpaired) electrons. The summed E-state index contributed by atoms with van der Waals surface area (Å²) in [5, 5.41) is 15.4. The summed E-state index contributed by atoms with van der Waals surface area (Å²) in [6.07, 6.45) is 0. The summed E-state index contributed by atoms with van der Waals surface area (Å²) >= 11 is 10.7. The van der Waals surface area contributed by atoms with Crippen LogP contribution in [0.3, 0.4) is 0 Å². The average Bonchev–Trinajstić information content (AvgIpc) is 2.11. The SMILES string of the molecule is O=P([B+][O-])(NCCCl)NCCCl. The normalized spacial score (nSPS) is 11.2. The minimum atomic E-state index is -3.08. The molecular formula is C4H10BCl2N2O2P. The summed E-state index contributed by atoms with van der Waals surface area (Å²) in [5.74, 6) is 0.612. The Bertz CT molecular complexity index is 150. The molecule has 0 fully saturated rings. The van der Waals surface area contributed by atoms with Crippen LogP contribution in [0.4, 0.5) is 0 Å². The van der Waals surface area contributed by atoms with E-state index in [1.54, 1.807) is 0 Å². The molecule has 0 aliphatic heterocycles. The number of nitrogens with one attached hydrogen (secondary N) is 2. The van der Waals surface area contributed by atoms with Crippen LogP contribution in [0.25, 0.3) is 0 Å². The van der Waals surface area contributed by atoms with Crippen molar-refractivity contribution in [2.24, 2.45) is 0 Å². The molecule has 0 rings (SSSR count). The fraction of sp³-hybridized carbons (Fsp3) is 1.00. The van der Waals surface area contributed by atoms with E-state index in [-0.39, 0.29) is 0 Å². The third kappa shape index (κ3) is 5.41. The van der Waals surface area contributed by atoms with Crippen LogP contribution >= 0.6 is 30.5 Å². The summed E-state index contributed by atoms with van der Waals surface area (Å²) in [6, 6.07) is 0. The van der Waals surface area contributed by atoms with Gasteiger partial charge in [-0.1, -0.05) is 0 Å². The van der Waals surface area contributed by atoms with Crippen molar-refractivity contribution in [2.75, 3.05) is 24.8 Å². The summed E-state index contributed by atoms with van der Waals surface area (Å²) in [5.41, 5.74) is 0. The molecular weight excluding hydrogens is 221 g/mol. The molecule has 0 saturated carbocycles. The van der Waals surface area contributed by atoms with Gasteiger partial charge in [0, 0.05) is 0 Å². The predicted molar refractivity (Wildman–Crippen MR) is 50.8 cm³/mol. The fourth-order valence-electron chi connectivity index (χ4n) is 0.547. The van der Waals surface area contributed by atoms with Gasteiger partial charge in [-0.25, -0.2) is 0 Å². The van der Waals surface area contributed by atoms with Crippen LogP contribution < -0.4 is 15.2 Å². The Hall–Kier alpha value is 0.755. The Labute approximate surface area is 82.7 Å². The quantitative estimate of drug-likeness (QED) is 0.359. The van der Waals surface area contributed by atoms with Crippen LogP contribution in [-0.4, -0.2) is 32.1 Å². The van der Waals surface area contributed by atoms with Crippen molar-refractivity contribution >= 4 is 37.7 Å². The molecule has 0 aromatic rings. The molecule has 2 N–H and O–H groups in total. The first-order valence-corrected chi connectivity index (χ1v) is 6.21. The first-order chi connectivity index (χ1) is 5.68. The van der Waals surface area contributed by atoms with Crippen molar-refractivity contribution < 1.29 is 9.59 Å². The van der Waals surface area contributed by atoms with Gasteiger partial charge in [0.1, 0.15) is 0 Å². The average molecular weight is 231 g/mol. The van der Waals surface area contributed by atoms with E-state index < -0.39 is 7.32 Å². The maximum atomic E-state index is 11.4. The maximum absolute atomic E-state index is 11.4. The first-order valence-electron chi connectivity index (χ1n) is 3.37. The molecule has 0 saturated heterocycles. The van der Waals surface area contributed by atoms with E-state index in [9.17, 15) is 9.59 Å². The Balaban J connectivity index is 3.79. The predicted octanol–water partition coefficient (Wildman–Crippen LogP) is -0.269. The Morgan fingerprint density at radius 3 is 1.92 bits per heavy atom. The molecule has 8 heteroatoms. The third-order valence-corrected chi connectivity index (χ3v) is 3.09. The van der Waals surface area contributed by atoms with Gasteiger partial charge in [-0.05, 0) is 0 Å². The number of halogens is 2. The zero-order valence-electron chi connectivity index (χ0n) is 6.43. The van der Waals surface area contributed by atoms with Crippen LogP contribution in [0.5, 0.6) is 0 Å². The molecule has 0 aromatic carbocycles. The Morgan fingerprint density at radius 1 is 1.25 bits per heavy atom. The van der Waals surface area contributed by atoms with Crippen molar-refractivity contribution in [2.45, 2.75) is 0 Å². The molecule has 0 amide bonds. The molecule has 0 bridgehead atoms. The number of alkyl halides is 2. The van der Waals surface area contributed by atoms with Crippen LogP contribution in [0, 0.1) is 0 Å². The van der Waals surface area contributed by atoms with Crippen molar-refractivity contribution in [1.82, 2.24) is 10.2 Å². The monoisotopic (exact) mass is 230 g/mol. The standard InChI is InChI=1S/C4H10BCl2N2O2P/c6-1-3-8-12(11,5-10)9-4-2-7/h1-4H2,(H2,8,9,11). The third-order valence-electron chi connectivity index (χ3n) is 1.03. The van der Waals surface area contributed by atoms with Crippen LogP contribution in [0.15, 0.2) is 0 Å². The first kappa shape index (κ1) is 12.8. The summed E-state index contributed by atoms with van der Waals surface area (Å²) in [4.78, 5) is 0. The summed E-state index contributed by atoms with van der Waals surface area (Å²) in [7, 11) is -2.72. The molecule has 0 aliphatic rings. The zero-order chi connectivity index (χ0) is 9.45. The van der Waals surface area contributed by atoms with E-state index in [1.807, 2.05) is 0 Å². The molecule has 0 unspecified atom stereocenters. The number of hydrogen-bond acceptors (Lipinski definition) is 2. The fourth-order valence-corrected chi connectivity index (χ4v) is 2.15. The van der Waals surface area contributed by atoms with E-state index >= 15 is 0 Å². The van der Waals surface area contributed by atoms with Gasteiger partial charge in [0.15, 0.2) is 0 Å². The molecule has 0 aliphatic carbocycles. The molecule has 70 valence electrons. The van der Waals surface area contributed by atoms with E-state index in [2.05, 4.69) is 10.2 Å². The second kappa shape index (κ2) is 7.19. The van der Waals surface area contributed by atoms with Crippen molar-refractivity contribution in [1.29, 1.82) is 0 Å². The summed E-state index contributed by atoms with van der Waals surface area (Å²) < 4.78 is 11.4. The minimum absolute atomic E-state index is 0.306. The number of hydrogen-bond donors (Lipinski definition) is 2. The van der Waals surface area contributed by atoms with E-state index in [0.29, 0.717) is 32.1 Å². The molecule has 12 heavy (non-hydrogen) atoms. The van der Waals surface area contributed by atoms with Gasteiger partial charge in [0.2, 0.25) is 0 Å². The van der Waals surface area contributed by atoms with E-state index in [1.165, 1.54) is 0 Å². The molecule has 0 heterocycles. The van der Waals surface area contributed by atoms with Gasteiger partial charge in [0.05, 0.1) is 0 Å². The van der Waals surface area contributed by atoms with Crippen LogP contribution in [0.2, 0.25) is 0 Å². The van der Waals surface area contributed by atoms with Gasteiger partial charge >= 0.3 is 82.3 Å². The van der Waals surface area contributed by atoms with Gasteiger partial charge in [-0.2, -0.15) is 0 Å². The van der Waals surface area contributed by atoms with Gasteiger partial charge < -0.3 is 0 Å². The number of rotatable bonds is 7. The molecule has 0 atom stereocenters. The molecule has 4 nitrogen and oxygen atoms in total. The van der Waals surface area contributed by atoms with E-state index in [0.717, 1.165) is 0 Å². The van der Waals surface area contributed by atoms with Crippen LogP contribution in [0.1, 0.15) is 0 Å². The van der Waals surface area contributed by atoms with Crippen molar-refractivity contribution in [3.63, 3.8) is 0 Å². The van der Waals surface area contributed by atoms with Crippen molar-refractivity contribution in [3.8, 4) is 0 Å². The molecule has 0 aromatic heterocycles. The Morgan fingerprint density at radius 2 is 1.67 bits per heavy atom. The second-order valence-electron chi connectivity index (χ2n) is 1.96.